The smallest absolute Gasteiger partial charge is 0.408 e. The Morgan fingerprint density at radius 1 is 1.08 bits per heavy atom. The van der Waals surface area contributed by atoms with Crippen LogP contribution in [0.4, 0.5) is 13.6 Å². The number of nitrogens with one attached hydrogen (secondary N) is 3. The summed E-state index contributed by atoms with van der Waals surface area (Å²) in [6.07, 6.45) is 4.52. The van der Waals surface area contributed by atoms with Gasteiger partial charge in [-0.05, 0) is 94.7 Å². The third kappa shape index (κ3) is 9.12. The molecule has 4 amide bonds. The molecule has 0 spiro atoms. The molecule has 6 rings (SSSR count). The van der Waals surface area contributed by atoms with Gasteiger partial charge in [0.05, 0.1) is 25.5 Å². The number of alkyl halides is 2. The van der Waals surface area contributed by atoms with Crippen molar-refractivity contribution in [3.8, 4) is 17.5 Å². The Hall–Kier alpha value is -4.74. The molecule has 3 N–H and O–H groups in total. The van der Waals surface area contributed by atoms with Crippen LogP contribution in [0.5, 0.6) is 17.5 Å². The van der Waals surface area contributed by atoms with Crippen LogP contribution in [0.25, 0.3) is 10.8 Å². The van der Waals surface area contributed by atoms with Gasteiger partial charge in [0.15, 0.2) is 5.60 Å². The second-order valence-electron chi connectivity index (χ2n) is 17.6. The Bertz CT molecular complexity index is 2140. The predicted molar refractivity (Wildman–Crippen MR) is 217 cm³/mol. The second kappa shape index (κ2) is 16.6. The van der Waals surface area contributed by atoms with Gasteiger partial charge in [-0.25, -0.2) is 22.0 Å². The molecule has 0 unspecified atom stereocenters. The maximum Gasteiger partial charge on any atom is 0.408 e. The van der Waals surface area contributed by atoms with Crippen molar-refractivity contribution in [1.29, 1.82) is 0 Å². The summed E-state index contributed by atoms with van der Waals surface area (Å²) >= 11 is 0. The van der Waals surface area contributed by atoms with E-state index in [1.165, 1.54) is 19.1 Å². The molecule has 0 radical (unpaired) electrons. The van der Waals surface area contributed by atoms with E-state index in [4.69, 9.17) is 18.9 Å². The number of alkyl carbamates (subject to hydrolysis) is 1. The lowest BCUT2D eigenvalue weighted by Crippen LogP contribution is -2.60. The summed E-state index contributed by atoms with van der Waals surface area (Å²) in [6, 6.07) is 4.34. The van der Waals surface area contributed by atoms with Crippen LogP contribution < -0.4 is 29.6 Å². The summed E-state index contributed by atoms with van der Waals surface area (Å²) in [4.78, 5) is 62.9. The molecule has 18 heteroatoms. The van der Waals surface area contributed by atoms with Gasteiger partial charge in [-0.15, -0.1) is 0 Å². The Labute approximate surface area is 349 Å². The first-order chi connectivity index (χ1) is 28.1. The highest BCUT2D eigenvalue weighted by atomic mass is 32.2. The molecule has 3 fully saturated rings. The number of hydrogen-bond donors (Lipinski definition) is 3. The summed E-state index contributed by atoms with van der Waals surface area (Å²) in [5.41, 5.74) is -3.85. The first-order valence-electron chi connectivity index (χ1n) is 20.5. The lowest BCUT2D eigenvalue weighted by atomic mass is 9.85. The molecule has 3 heterocycles. The van der Waals surface area contributed by atoms with E-state index in [-0.39, 0.29) is 37.1 Å². The van der Waals surface area contributed by atoms with Crippen LogP contribution in [0.15, 0.2) is 36.4 Å². The topological polar surface area (TPSA) is 192 Å². The fourth-order valence-corrected chi connectivity index (χ4v) is 9.26. The van der Waals surface area contributed by atoms with Gasteiger partial charge in [-0.3, -0.25) is 19.1 Å². The summed E-state index contributed by atoms with van der Waals surface area (Å²) in [7, 11) is -1.09. The largest absolute Gasteiger partial charge is 0.497 e. The molecule has 2 aliphatic heterocycles. The molecule has 1 aromatic heterocycles. The molecule has 1 aromatic carbocycles. The lowest BCUT2D eigenvalue weighted by molar-refractivity contribution is -0.152. The number of nitrogens with zero attached hydrogens (tertiary/aromatic N) is 2. The number of fused-ring (bicyclic) bond motifs is 3. The maximum atomic E-state index is 15.0. The van der Waals surface area contributed by atoms with E-state index in [0.29, 0.717) is 62.0 Å². The van der Waals surface area contributed by atoms with Crippen molar-refractivity contribution in [2.75, 3.05) is 20.8 Å². The molecule has 7 atom stereocenters. The third-order valence-electron chi connectivity index (χ3n) is 12.8. The van der Waals surface area contributed by atoms with Gasteiger partial charge in [0, 0.05) is 30.7 Å². The van der Waals surface area contributed by atoms with Gasteiger partial charge < -0.3 is 34.5 Å². The minimum atomic E-state index is -4.07. The number of carbonyl (C=O) groups excluding carboxylic acids is 4. The fraction of sp³-hybridized carbons (Fsp3) is 0.643. The molecule has 0 bridgehead atoms. The Kier molecular flexibility index (Phi) is 12.4. The SMILES string of the molecule is CC[C@@H]1C[C@@H](C)CC/C=C\[C@@H]2C[C@@]2(C(=O)NS(=O)(=O)C2(C)CC2)NC(=O)[C@@H]2C[C@@H](Oc3nc(OC)cc4cc(OC)ccc34)CN2C(=O)[C@H]1NC(=O)OC(C)(C)C(C)(F)F. The molecule has 60 heavy (non-hydrogen) atoms. The van der Waals surface area contributed by atoms with Crippen LogP contribution in [0, 0.1) is 17.8 Å². The average Bonchev–Trinajstić information content (AvgIpc) is 4.06. The maximum absolute atomic E-state index is 15.0. The number of halogens is 2. The quantitative estimate of drug-likeness (QED) is 0.245. The molecule has 2 saturated carbocycles. The van der Waals surface area contributed by atoms with Crippen molar-refractivity contribution < 1.29 is 55.3 Å². The highest BCUT2D eigenvalue weighted by Crippen LogP contribution is 2.48. The van der Waals surface area contributed by atoms with E-state index < -0.39 is 85.7 Å². The van der Waals surface area contributed by atoms with E-state index in [1.54, 1.807) is 31.2 Å². The van der Waals surface area contributed by atoms with Gasteiger partial charge in [0.25, 0.3) is 11.8 Å². The van der Waals surface area contributed by atoms with Crippen LogP contribution in [0.1, 0.15) is 92.9 Å². The summed E-state index contributed by atoms with van der Waals surface area (Å²) in [5.74, 6) is -5.80. The number of allylic oxidation sites excluding steroid dienone is 1. The monoisotopic (exact) mass is 861 g/mol. The normalized spacial score (nSPS) is 28.8. The van der Waals surface area contributed by atoms with Crippen LogP contribution in [-0.4, -0.2) is 103 Å². The van der Waals surface area contributed by atoms with Crippen LogP contribution >= 0.6 is 0 Å². The van der Waals surface area contributed by atoms with E-state index in [9.17, 15) is 31.6 Å². The molecular formula is C42H57F2N5O10S. The van der Waals surface area contributed by atoms with Gasteiger partial charge in [0.1, 0.15) is 29.5 Å². The number of methoxy groups -OCH3 is 2. The van der Waals surface area contributed by atoms with Gasteiger partial charge in [-0.2, -0.15) is 4.98 Å². The highest BCUT2D eigenvalue weighted by Gasteiger charge is 2.63. The van der Waals surface area contributed by atoms with Crippen LogP contribution in [0.2, 0.25) is 0 Å². The number of amides is 4. The van der Waals surface area contributed by atoms with E-state index in [0.717, 1.165) is 13.8 Å². The summed E-state index contributed by atoms with van der Waals surface area (Å²) < 4.78 is 79.2. The molecular weight excluding hydrogens is 805 g/mol. The summed E-state index contributed by atoms with van der Waals surface area (Å²) in [6.45, 7) is 8.00. The van der Waals surface area contributed by atoms with Crippen molar-refractivity contribution >= 4 is 44.6 Å². The number of carbonyl (C=O) groups is 4. The number of hydrogen-bond acceptors (Lipinski definition) is 11. The number of benzene rings is 1. The fourth-order valence-electron chi connectivity index (χ4n) is 7.95. The zero-order valence-electron chi connectivity index (χ0n) is 35.4. The Morgan fingerprint density at radius 2 is 1.80 bits per heavy atom. The van der Waals surface area contributed by atoms with Crippen molar-refractivity contribution in [2.45, 2.75) is 133 Å². The first kappa shape index (κ1) is 44.8. The number of aromatic nitrogens is 1. The minimum absolute atomic E-state index is 0.0159. The van der Waals surface area contributed by atoms with Crippen LogP contribution in [0.3, 0.4) is 0 Å². The number of rotatable bonds is 11. The standard InChI is InChI=1S/C42H57F2N5O10S/c1-9-25-18-24(2)12-10-11-13-27-22-42(27,37(52)48-60(54,55)40(5)16-17-40)47-34(50)31-21-29(58-35-30-15-14-28(56-7)19-26(30)20-32(45-35)57-8)23-49(31)36(51)33(25)46-38(53)59-39(3,4)41(6,43)44/h11,13-15,19-20,24-25,27,29,31,33H,9-10,12,16-18,21-23H2,1-8H3,(H,46,53)(H,47,50)(H,48,52)/b13-11-/t24-,25+,27+,29+,31-,33-,42+/m0/s1. The molecule has 1 saturated heterocycles. The second-order valence-corrected chi connectivity index (χ2v) is 19.8. The van der Waals surface area contributed by atoms with E-state index >= 15 is 4.79 Å². The van der Waals surface area contributed by atoms with Crippen molar-refractivity contribution in [3.63, 3.8) is 0 Å². The van der Waals surface area contributed by atoms with Gasteiger partial charge in [-0.1, -0.05) is 32.4 Å². The van der Waals surface area contributed by atoms with E-state index in [1.807, 2.05) is 26.0 Å². The van der Waals surface area contributed by atoms with Crippen molar-refractivity contribution in [1.82, 2.24) is 25.2 Å². The van der Waals surface area contributed by atoms with Gasteiger partial charge >= 0.3 is 6.09 Å². The zero-order chi connectivity index (χ0) is 44.0. The molecule has 2 aromatic rings. The zero-order valence-corrected chi connectivity index (χ0v) is 36.2. The molecule has 2 aliphatic carbocycles. The van der Waals surface area contributed by atoms with Gasteiger partial charge in [0.2, 0.25) is 33.6 Å². The minimum Gasteiger partial charge on any atom is -0.497 e. The Morgan fingerprint density at radius 3 is 2.43 bits per heavy atom. The number of ether oxygens (including phenoxy) is 4. The summed E-state index contributed by atoms with van der Waals surface area (Å²) in [5, 5.41) is 6.71. The van der Waals surface area contributed by atoms with Crippen LogP contribution in [-0.2, 0) is 29.1 Å². The lowest BCUT2D eigenvalue weighted by Gasteiger charge is -2.35. The molecule has 330 valence electrons. The third-order valence-corrected chi connectivity index (χ3v) is 14.9. The predicted octanol–water partition coefficient (Wildman–Crippen LogP) is 5.40. The number of pyridine rings is 1. The molecule has 4 aliphatic rings. The Balaban J connectivity index is 1.39. The van der Waals surface area contributed by atoms with Crippen molar-refractivity contribution in [2.24, 2.45) is 17.8 Å². The van der Waals surface area contributed by atoms with Crippen molar-refractivity contribution in [3.05, 3.63) is 36.4 Å². The average molecular weight is 862 g/mol. The molecule has 15 nitrogen and oxygen atoms in total. The number of sulfonamides is 1. The van der Waals surface area contributed by atoms with E-state index in [2.05, 4.69) is 20.3 Å². The highest BCUT2D eigenvalue weighted by molar-refractivity contribution is 7.91. The first-order valence-corrected chi connectivity index (χ1v) is 22.0.